The molecule has 0 saturated heterocycles. The fourth-order valence-electron chi connectivity index (χ4n) is 9.99. The first-order chi connectivity index (χ1) is 32.3. The van der Waals surface area contributed by atoms with Gasteiger partial charge in [0.15, 0.2) is 0 Å². The Morgan fingerprint density at radius 3 is 0.868 bits per heavy atom. The molecule has 0 aliphatic rings. The summed E-state index contributed by atoms with van der Waals surface area (Å²) >= 11 is 0. The average molecular weight is 813 g/mol. The van der Waals surface area contributed by atoms with Crippen LogP contribution in [-0.2, 0) is 0 Å². The van der Waals surface area contributed by atoms with E-state index in [-0.39, 0.29) is 98.8 Å². The monoisotopic (exact) mass is 816 g/mol. The molecule has 10 aromatic rings. The predicted octanol–water partition coefficient (Wildman–Crippen LogP) is -8.83. The molecule has 0 bridgehead atoms. The van der Waals surface area contributed by atoms with Crippen LogP contribution >= 0.6 is 0 Å². The van der Waals surface area contributed by atoms with Crippen molar-refractivity contribution in [3.63, 3.8) is 0 Å². The molecule has 8 aromatic carbocycles. The van der Waals surface area contributed by atoms with E-state index in [0.717, 1.165) is 0 Å². The average Bonchev–Trinajstić information content (AvgIpc) is 3.82. The number of hydrogen-bond donors (Lipinski definition) is 0. The molecule has 270 valence electrons. The van der Waals surface area contributed by atoms with Crippen molar-refractivity contribution in [3.8, 4) is 44.8 Å². The van der Waals surface area contributed by atoms with Gasteiger partial charge in [0, 0.05) is 44.2 Å². The van der Waals surface area contributed by atoms with Gasteiger partial charge in [0.2, 0.25) is 0 Å². The van der Waals surface area contributed by atoms with Crippen LogP contribution in [0.25, 0.3) is 88.4 Å². The topological polar surface area (TPSA) is 9.86 Å². The van der Waals surface area contributed by atoms with Gasteiger partial charge in [0.25, 0.3) is 0 Å². The molecule has 0 aliphatic heterocycles. The van der Waals surface area contributed by atoms with Gasteiger partial charge in [-0.3, -0.25) is 0 Å². The van der Waals surface area contributed by atoms with Crippen LogP contribution < -0.4 is 98.3 Å². The maximum absolute atomic E-state index is 7.35. The predicted molar refractivity (Wildman–Crippen MR) is 308 cm³/mol. The fourth-order valence-corrected chi connectivity index (χ4v) is 9.99. The second-order valence-corrected chi connectivity index (χ2v) is 16.9. The Balaban J connectivity index is 1.33. The van der Waals surface area contributed by atoms with E-state index < -0.39 is 0 Å². The molecule has 0 amide bonds. The number of fused-ring (bicyclic) bond motifs is 6. The number of aromatic nitrogens is 2. The lowest BCUT2D eigenvalue weighted by atomic mass is 9.70. The third-order valence-electron chi connectivity index (χ3n) is 12.9. The van der Waals surface area contributed by atoms with E-state index in [1.54, 1.807) is 69.8 Å². The Hall–Kier alpha value is -5.47. The molecule has 2 aromatic heterocycles. The molecule has 68 heavy (non-hydrogen) atoms. The normalized spacial score (nSPS) is 11.7. The summed E-state index contributed by atoms with van der Waals surface area (Å²) in [6.07, 6.45) is 0. The van der Waals surface area contributed by atoms with Crippen molar-refractivity contribution in [2.24, 2.45) is 0 Å². The molecule has 20 heteroatoms. The molecule has 0 saturated carbocycles. The number of nitrogens with zero attached hydrogens (tertiary/aromatic N) is 2. The quantitative estimate of drug-likeness (QED) is 0.153. The van der Waals surface area contributed by atoms with Crippen LogP contribution in [0.15, 0.2) is 84.9 Å². The maximum atomic E-state index is 7.35. The van der Waals surface area contributed by atoms with Crippen molar-refractivity contribution < 1.29 is 0 Å². The summed E-state index contributed by atoms with van der Waals surface area (Å²) in [5, 5.41) is 1.43. The lowest BCUT2D eigenvalue weighted by molar-refractivity contribution is 1.22. The van der Waals surface area contributed by atoms with Crippen molar-refractivity contribution in [3.05, 3.63) is 84.9 Å². The maximum Gasteiger partial charge on any atom is 0.117 e. The van der Waals surface area contributed by atoms with E-state index in [4.69, 9.17) is 141 Å². The largest absolute Gasteiger partial charge is 0.312 e. The summed E-state index contributed by atoms with van der Waals surface area (Å²) in [6, 6.07) is 23.8. The standard InChI is InChI=1S/C48H14B18N2/c49-19-7-3-1-5-15(19)31-21(51)11-29(59)47(41(31)65)67-43-25(55)9-17(37(61)33(43)35-39(63)23(53)13-27(57)45(35)67)18-10-26(56)44-34(38(18)62)36-40(64)24(54)14-28(58)46(36)68(44)48-30(60)12-22(52)32(42(48)66)16-6-2-4-8-20(16)50/h1-14H. The van der Waals surface area contributed by atoms with Gasteiger partial charge in [-0.2, -0.15) is 0 Å². The summed E-state index contributed by atoms with van der Waals surface area (Å²) in [6.45, 7) is 0. The van der Waals surface area contributed by atoms with Crippen molar-refractivity contribution in [2.45, 2.75) is 0 Å². The van der Waals surface area contributed by atoms with Crippen molar-refractivity contribution in [1.82, 2.24) is 9.13 Å². The van der Waals surface area contributed by atoms with Gasteiger partial charge in [-0.25, -0.2) is 0 Å². The summed E-state index contributed by atoms with van der Waals surface area (Å²) in [5.74, 6) is 0. The van der Waals surface area contributed by atoms with Crippen LogP contribution in [0, 0.1) is 0 Å². The Kier molecular flexibility index (Phi) is 11.3. The number of benzene rings is 8. The highest BCUT2D eigenvalue weighted by molar-refractivity contribution is 6.64. The zero-order valence-electron chi connectivity index (χ0n) is 36.4. The Morgan fingerprint density at radius 2 is 0.529 bits per heavy atom. The zero-order valence-corrected chi connectivity index (χ0v) is 36.4. The number of rotatable bonds is 5. The molecule has 0 spiro atoms. The first-order valence-corrected chi connectivity index (χ1v) is 20.9. The van der Waals surface area contributed by atoms with Gasteiger partial charge in [-0.1, -0.05) is 172 Å². The molecular formula is C48H14B18N2. The smallest absolute Gasteiger partial charge is 0.117 e. The van der Waals surface area contributed by atoms with Gasteiger partial charge in [0.05, 0.1) is 0 Å². The minimum absolute atomic E-state index is 0.154. The molecule has 0 fully saturated rings. The van der Waals surface area contributed by atoms with E-state index in [0.29, 0.717) is 87.9 Å². The third-order valence-corrected chi connectivity index (χ3v) is 12.9. The molecule has 36 radical (unpaired) electrons. The second kappa shape index (κ2) is 16.6. The van der Waals surface area contributed by atoms with Gasteiger partial charge >= 0.3 is 0 Å². The Morgan fingerprint density at radius 1 is 0.235 bits per heavy atom. The molecular weight excluding hydrogens is 799 g/mol. The SMILES string of the molecule is [B]c1ccccc1-c1c([B])cc([B])c(-n2c3c([B])cc([B])c([B])c3c3c([B])c(-c4cc([B])c5c(c4[B])c4c([B])c([B])cc([B])c4n5-c4c([B])cc([B])c(-c5ccccc5[B])c4[B])cc([B])c32)c1[B]. The van der Waals surface area contributed by atoms with Crippen molar-refractivity contribution >= 4 is 283 Å². The van der Waals surface area contributed by atoms with E-state index in [1.165, 1.54) is 12.1 Å². The van der Waals surface area contributed by atoms with Gasteiger partial charge in [-0.05, 0) is 44.2 Å². The Labute approximate surface area is 419 Å². The molecule has 2 heterocycles. The highest BCUT2D eigenvalue weighted by Crippen LogP contribution is 2.33. The lowest BCUT2D eigenvalue weighted by Gasteiger charge is -2.24. The van der Waals surface area contributed by atoms with E-state index in [9.17, 15) is 0 Å². The van der Waals surface area contributed by atoms with E-state index >= 15 is 0 Å². The van der Waals surface area contributed by atoms with E-state index in [1.807, 2.05) is 12.1 Å². The van der Waals surface area contributed by atoms with Crippen LogP contribution in [0.4, 0.5) is 0 Å². The van der Waals surface area contributed by atoms with Crippen LogP contribution in [0.1, 0.15) is 0 Å². The highest BCUT2D eigenvalue weighted by atomic mass is 15.0. The lowest BCUT2D eigenvalue weighted by Crippen LogP contribution is -2.36. The summed E-state index contributed by atoms with van der Waals surface area (Å²) in [4.78, 5) is 0. The van der Waals surface area contributed by atoms with E-state index in [2.05, 4.69) is 0 Å². The molecule has 0 N–H and O–H groups in total. The van der Waals surface area contributed by atoms with Crippen LogP contribution in [0.2, 0.25) is 0 Å². The van der Waals surface area contributed by atoms with Crippen LogP contribution in [0.5, 0.6) is 0 Å². The third kappa shape index (κ3) is 6.58. The fraction of sp³-hybridized carbons (Fsp3) is 0. The van der Waals surface area contributed by atoms with Gasteiger partial charge in [-0.15, -0.1) is 10.9 Å². The van der Waals surface area contributed by atoms with Crippen LogP contribution in [-0.4, -0.2) is 150 Å². The highest BCUT2D eigenvalue weighted by Gasteiger charge is 2.28. The van der Waals surface area contributed by atoms with Gasteiger partial charge in [0.1, 0.15) is 141 Å². The minimum Gasteiger partial charge on any atom is -0.312 e. The van der Waals surface area contributed by atoms with Crippen LogP contribution in [0.3, 0.4) is 0 Å². The number of hydrogen-bond acceptors (Lipinski definition) is 0. The minimum atomic E-state index is 0.154. The molecule has 10 rings (SSSR count). The second-order valence-electron chi connectivity index (χ2n) is 16.9. The van der Waals surface area contributed by atoms with Crippen molar-refractivity contribution in [1.29, 1.82) is 0 Å². The molecule has 0 unspecified atom stereocenters. The summed E-state index contributed by atoms with van der Waals surface area (Å²) in [5.41, 5.74) is 8.62. The summed E-state index contributed by atoms with van der Waals surface area (Å²) in [7, 11) is 123. The Bertz CT molecular complexity index is 3660. The van der Waals surface area contributed by atoms with Crippen molar-refractivity contribution in [2.75, 3.05) is 0 Å². The molecule has 2 nitrogen and oxygen atoms in total. The zero-order chi connectivity index (χ0) is 48.7. The summed E-state index contributed by atoms with van der Waals surface area (Å²) < 4.78 is 3.41. The first-order valence-electron chi connectivity index (χ1n) is 20.9. The first kappa shape index (κ1) is 46.3. The molecule has 0 aliphatic carbocycles. The van der Waals surface area contributed by atoms with Gasteiger partial charge < -0.3 is 9.13 Å². The molecule has 0 atom stereocenters.